The predicted molar refractivity (Wildman–Crippen MR) is 116 cm³/mol. The second kappa shape index (κ2) is 10.1. The highest BCUT2D eigenvalue weighted by atomic mass is 16.5. The zero-order valence-corrected chi connectivity index (χ0v) is 18.2. The number of aryl methyl sites for hydroxylation is 2. The van der Waals surface area contributed by atoms with Crippen molar-refractivity contribution in [2.24, 2.45) is 0 Å². The van der Waals surface area contributed by atoms with Gasteiger partial charge in [0.2, 0.25) is 11.8 Å². The van der Waals surface area contributed by atoms with Crippen LogP contribution in [0.25, 0.3) is 0 Å². The van der Waals surface area contributed by atoms with Crippen LogP contribution in [0.2, 0.25) is 0 Å². The highest BCUT2D eigenvalue weighted by molar-refractivity contribution is 5.95. The minimum Gasteiger partial charge on any atom is -0.496 e. The summed E-state index contributed by atoms with van der Waals surface area (Å²) in [6.07, 6.45) is 0. The molecule has 0 saturated heterocycles. The van der Waals surface area contributed by atoms with Gasteiger partial charge >= 0.3 is 0 Å². The first kappa shape index (κ1) is 22.4. The fourth-order valence-electron chi connectivity index (χ4n) is 3.07. The normalized spacial score (nSPS) is 11.8. The van der Waals surface area contributed by atoms with E-state index in [0.717, 1.165) is 28.1 Å². The average Bonchev–Trinajstić information content (AvgIpc) is 2.68. The Bertz CT molecular complexity index is 849. The van der Waals surface area contributed by atoms with Crippen LogP contribution in [0.5, 0.6) is 5.75 Å². The molecule has 0 aliphatic carbocycles. The van der Waals surface area contributed by atoms with Gasteiger partial charge in [0, 0.05) is 24.8 Å². The number of benzene rings is 2. The third-order valence-corrected chi connectivity index (χ3v) is 4.97. The van der Waals surface area contributed by atoms with Gasteiger partial charge < -0.3 is 15.0 Å². The third-order valence-electron chi connectivity index (χ3n) is 4.97. The molecule has 0 heterocycles. The van der Waals surface area contributed by atoms with Crippen molar-refractivity contribution in [1.82, 2.24) is 9.80 Å². The predicted octanol–water partition coefficient (Wildman–Crippen LogP) is 3.23. The van der Waals surface area contributed by atoms with E-state index in [1.165, 1.54) is 4.90 Å². The van der Waals surface area contributed by atoms with Crippen LogP contribution in [0.3, 0.4) is 0 Å². The van der Waals surface area contributed by atoms with Gasteiger partial charge in [-0.25, -0.2) is 0 Å². The Hall–Kier alpha value is -2.86. The van der Waals surface area contributed by atoms with E-state index in [9.17, 15) is 9.59 Å². The number of amides is 2. The van der Waals surface area contributed by atoms with Crippen LogP contribution in [0.15, 0.2) is 42.5 Å². The lowest BCUT2D eigenvalue weighted by atomic mass is 10.1. The fourth-order valence-corrected chi connectivity index (χ4v) is 3.07. The number of methoxy groups -OCH3 is 1. The maximum atomic E-state index is 12.8. The number of hydrogen-bond donors (Lipinski definition) is 1. The molecule has 2 rings (SSSR count). The number of carbonyl (C=O) groups excluding carboxylic acids is 2. The zero-order valence-electron chi connectivity index (χ0n) is 18.2. The summed E-state index contributed by atoms with van der Waals surface area (Å²) in [7, 11) is 5.18. The van der Waals surface area contributed by atoms with Gasteiger partial charge in [-0.15, -0.1) is 0 Å². The van der Waals surface area contributed by atoms with Crippen molar-refractivity contribution in [3.63, 3.8) is 0 Å². The Morgan fingerprint density at radius 3 is 2.28 bits per heavy atom. The summed E-state index contributed by atoms with van der Waals surface area (Å²) in [5, 5.41) is 2.82. The summed E-state index contributed by atoms with van der Waals surface area (Å²) >= 11 is 0. The van der Waals surface area contributed by atoms with E-state index in [-0.39, 0.29) is 24.4 Å². The van der Waals surface area contributed by atoms with Crippen LogP contribution in [0, 0.1) is 13.8 Å². The lowest BCUT2D eigenvalue weighted by molar-refractivity contribution is -0.137. The summed E-state index contributed by atoms with van der Waals surface area (Å²) in [6.45, 7) is 6.43. The van der Waals surface area contributed by atoms with E-state index in [0.29, 0.717) is 6.54 Å². The monoisotopic (exact) mass is 397 g/mol. The number of nitrogens with zero attached hydrogens (tertiary/aromatic N) is 2. The number of ether oxygens (including phenoxy) is 1. The number of likely N-dealkylation sites (N-methyl/N-ethyl adjacent to an activating group) is 2. The second-order valence-electron chi connectivity index (χ2n) is 7.51. The highest BCUT2D eigenvalue weighted by Crippen LogP contribution is 2.22. The maximum absolute atomic E-state index is 12.8. The standard InChI is InChI=1S/C23H31N3O3/c1-16-7-10-20(11-8-16)24-22(27)15-26(5)23(28)18(3)25(4)14-19-13-17(2)9-12-21(19)29-6/h7-13,18H,14-15H2,1-6H3,(H,24,27)/t18-/m0/s1. The fraction of sp³-hybridized carbons (Fsp3) is 0.391. The van der Waals surface area contributed by atoms with E-state index in [4.69, 9.17) is 4.74 Å². The van der Waals surface area contributed by atoms with Gasteiger partial charge in [0.15, 0.2) is 0 Å². The summed E-state index contributed by atoms with van der Waals surface area (Å²) in [5.74, 6) is 0.464. The molecule has 0 spiro atoms. The quantitative estimate of drug-likeness (QED) is 0.743. The Morgan fingerprint density at radius 1 is 1.03 bits per heavy atom. The van der Waals surface area contributed by atoms with Gasteiger partial charge in [-0.3, -0.25) is 14.5 Å². The molecule has 6 nitrogen and oxygen atoms in total. The van der Waals surface area contributed by atoms with Gasteiger partial charge in [-0.2, -0.15) is 0 Å². The van der Waals surface area contributed by atoms with Crippen molar-refractivity contribution in [2.75, 3.05) is 33.1 Å². The lowest BCUT2D eigenvalue weighted by Gasteiger charge is -2.28. The van der Waals surface area contributed by atoms with Crippen molar-refractivity contribution < 1.29 is 14.3 Å². The van der Waals surface area contributed by atoms with E-state index >= 15 is 0 Å². The van der Waals surface area contributed by atoms with Crippen LogP contribution in [0.4, 0.5) is 5.69 Å². The van der Waals surface area contributed by atoms with Crippen molar-refractivity contribution >= 4 is 17.5 Å². The molecule has 6 heteroatoms. The molecule has 0 unspecified atom stereocenters. The largest absolute Gasteiger partial charge is 0.496 e. The minimum absolute atomic E-state index is 0.00133. The molecule has 0 radical (unpaired) electrons. The summed E-state index contributed by atoms with van der Waals surface area (Å²) in [6, 6.07) is 13.2. The lowest BCUT2D eigenvalue weighted by Crippen LogP contribution is -2.46. The van der Waals surface area contributed by atoms with Gasteiger partial charge in [-0.05, 0) is 46.0 Å². The van der Waals surface area contributed by atoms with Crippen molar-refractivity contribution in [1.29, 1.82) is 0 Å². The van der Waals surface area contributed by atoms with Gasteiger partial charge in [0.25, 0.3) is 0 Å². The Kier molecular flexibility index (Phi) is 7.79. The molecule has 1 N–H and O–H groups in total. The number of anilines is 1. The van der Waals surface area contributed by atoms with Crippen molar-refractivity contribution in [3.8, 4) is 5.75 Å². The molecule has 0 aliphatic heterocycles. The third kappa shape index (κ3) is 6.32. The van der Waals surface area contributed by atoms with Gasteiger partial charge in [-0.1, -0.05) is 35.4 Å². The van der Waals surface area contributed by atoms with Gasteiger partial charge in [0.05, 0.1) is 19.7 Å². The molecule has 29 heavy (non-hydrogen) atoms. The van der Waals surface area contributed by atoms with Crippen LogP contribution >= 0.6 is 0 Å². The SMILES string of the molecule is COc1ccc(C)cc1CN(C)[C@@H](C)C(=O)N(C)CC(=O)Nc1ccc(C)cc1. The molecule has 0 aliphatic rings. The first-order chi connectivity index (χ1) is 13.7. The molecule has 2 amide bonds. The van der Waals surface area contributed by atoms with Crippen molar-refractivity contribution in [2.45, 2.75) is 33.4 Å². The molecule has 2 aromatic rings. The number of rotatable bonds is 8. The molecule has 0 aromatic heterocycles. The Labute approximate surface area is 173 Å². The topological polar surface area (TPSA) is 61.9 Å². The maximum Gasteiger partial charge on any atom is 0.243 e. The summed E-state index contributed by atoms with van der Waals surface area (Å²) < 4.78 is 5.43. The minimum atomic E-state index is -0.377. The smallest absolute Gasteiger partial charge is 0.243 e. The molecular weight excluding hydrogens is 366 g/mol. The number of nitrogens with one attached hydrogen (secondary N) is 1. The van der Waals surface area contributed by atoms with Gasteiger partial charge in [0.1, 0.15) is 5.75 Å². The van der Waals surface area contributed by atoms with Crippen LogP contribution in [-0.4, -0.2) is 55.4 Å². The highest BCUT2D eigenvalue weighted by Gasteiger charge is 2.24. The zero-order chi connectivity index (χ0) is 21.6. The molecule has 1 atom stereocenters. The van der Waals surface area contributed by atoms with E-state index in [2.05, 4.69) is 11.4 Å². The molecule has 0 saturated carbocycles. The number of carbonyl (C=O) groups is 2. The molecule has 2 aromatic carbocycles. The van der Waals surface area contributed by atoms with E-state index in [1.54, 1.807) is 14.2 Å². The van der Waals surface area contributed by atoms with Crippen LogP contribution in [0.1, 0.15) is 23.6 Å². The van der Waals surface area contributed by atoms with Crippen LogP contribution < -0.4 is 10.1 Å². The average molecular weight is 398 g/mol. The Morgan fingerprint density at radius 2 is 1.66 bits per heavy atom. The summed E-state index contributed by atoms with van der Waals surface area (Å²) in [5.41, 5.74) is 4.00. The molecular formula is C23H31N3O3. The molecule has 0 fully saturated rings. The second-order valence-corrected chi connectivity index (χ2v) is 7.51. The number of hydrogen-bond acceptors (Lipinski definition) is 4. The van der Waals surface area contributed by atoms with Crippen molar-refractivity contribution in [3.05, 3.63) is 59.2 Å². The summed E-state index contributed by atoms with van der Waals surface area (Å²) in [4.78, 5) is 28.5. The first-order valence-corrected chi connectivity index (χ1v) is 9.66. The van der Waals surface area contributed by atoms with E-state index < -0.39 is 0 Å². The van der Waals surface area contributed by atoms with E-state index in [1.807, 2.05) is 69.1 Å². The molecule has 0 bridgehead atoms. The first-order valence-electron chi connectivity index (χ1n) is 9.66. The van der Waals surface area contributed by atoms with Crippen LogP contribution in [-0.2, 0) is 16.1 Å². The molecule has 156 valence electrons. The Balaban J connectivity index is 1.94.